The van der Waals surface area contributed by atoms with E-state index in [2.05, 4.69) is 21.0 Å². The second-order valence-corrected chi connectivity index (χ2v) is 6.44. The monoisotopic (exact) mass is 392 g/mol. The summed E-state index contributed by atoms with van der Waals surface area (Å²) in [5.41, 5.74) is 1.98. The van der Waals surface area contributed by atoms with Gasteiger partial charge in [0.25, 0.3) is 0 Å². The second kappa shape index (κ2) is 5.10. The van der Waals surface area contributed by atoms with Gasteiger partial charge in [-0.3, -0.25) is 0 Å². The molecular weight excluding hydrogens is 384 g/mol. The van der Waals surface area contributed by atoms with Crippen LogP contribution in [0.4, 0.5) is 0 Å². The molecule has 4 rings (SSSR count). The number of fused-ring (bicyclic) bond motifs is 3. The molecule has 1 N–H and O–H groups in total. The number of carbonyl (C=O) groups is 1. The average molecular weight is 393 g/mol. The van der Waals surface area contributed by atoms with Gasteiger partial charge in [0.2, 0.25) is 0 Å². The molecular formula is C15H9BrN2O4S. The minimum Gasteiger partial charge on any atom is -0.495 e. The number of benzene rings is 1. The van der Waals surface area contributed by atoms with Gasteiger partial charge < -0.3 is 14.3 Å². The summed E-state index contributed by atoms with van der Waals surface area (Å²) in [6, 6.07) is 5.34. The first-order valence-electron chi connectivity index (χ1n) is 6.54. The molecule has 116 valence electrons. The summed E-state index contributed by atoms with van der Waals surface area (Å²) < 4.78 is 13.1. The maximum atomic E-state index is 11.7. The van der Waals surface area contributed by atoms with Crippen LogP contribution in [0, 0.1) is 0 Å². The van der Waals surface area contributed by atoms with E-state index < -0.39 is 5.97 Å². The molecule has 0 amide bonds. The molecule has 0 bridgehead atoms. The van der Waals surface area contributed by atoms with Crippen LogP contribution >= 0.6 is 27.3 Å². The van der Waals surface area contributed by atoms with E-state index >= 15 is 0 Å². The summed E-state index contributed by atoms with van der Waals surface area (Å²) in [6.07, 6.45) is 0. The van der Waals surface area contributed by atoms with Gasteiger partial charge in [-0.2, -0.15) is 16.4 Å². The van der Waals surface area contributed by atoms with Crippen LogP contribution in [0.1, 0.15) is 10.5 Å². The van der Waals surface area contributed by atoms with E-state index in [0.717, 1.165) is 9.86 Å². The quantitative estimate of drug-likeness (QED) is 0.562. The van der Waals surface area contributed by atoms with Crippen LogP contribution in [-0.4, -0.2) is 28.0 Å². The van der Waals surface area contributed by atoms with E-state index in [0.29, 0.717) is 22.5 Å². The van der Waals surface area contributed by atoms with Crippen molar-refractivity contribution < 1.29 is 19.1 Å². The number of hydrogen-bond acceptors (Lipinski definition) is 5. The fourth-order valence-corrected chi connectivity index (χ4v) is 3.62. The Bertz CT molecular complexity index is 1050. The van der Waals surface area contributed by atoms with Crippen molar-refractivity contribution in [3.63, 3.8) is 0 Å². The Kier molecular flexibility index (Phi) is 3.17. The lowest BCUT2D eigenvalue weighted by Gasteiger charge is -2.03. The van der Waals surface area contributed by atoms with Crippen LogP contribution in [-0.2, 0) is 0 Å². The first-order valence-corrected chi connectivity index (χ1v) is 8.28. The smallest absolute Gasteiger partial charge is 0.358 e. The Morgan fingerprint density at radius 1 is 1.48 bits per heavy atom. The van der Waals surface area contributed by atoms with E-state index in [1.165, 1.54) is 16.0 Å². The zero-order chi connectivity index (χ0) is 16.1. The van der Waals surface area contributed by atoms with Crippen molar-refractivity contribution in [3.05, 3.63) is 39.1 Å². The minimum absolute atomic E-state index is 0.00434. The lowest BCUT2D eigenvalue weighted by atomic mass is 10.2. The van der Waals surface area contributed by atoms with E-state index in [-0.39, 0.29) is 11.3 Å². The van der Waals surface area contributed by atoms with Crippen LogP contribution in [0.25, 0.3) is 27.8 Å². The number of furan rings is 1. The van der Waals surface area contributed by atoms with Crippen LogP contribution in [0.2, 0.25) is 0 Å². The second-order valence-electron chi connectivity index (χ2n) is 4.81. The fraction of sp³-hybridized carbons (Fsp3) is 0.0667. The van der Waals surface area contributed by atoms with E-state index in [1.807, 2.05) is 22.9 Å². The Labute approximate surface area is 142 Å². The molecule has 0 radical (unpaired) electrons. The average Bonchev–Trinajstić information content (AvgIpc) is 3.20. The fourth-order valence-electron chi connectivity index (χ4n) is 2.50. The minimum atomic E-state index is -1.09. The Hall–Kier alpha value is -2.32. The van der Waals surface area contributed by atoms with Crippen LogP contribution in [0.5, 0.6) is 5.75 Å². The van der Waals surface area contributed by atoms with Crippen molar-refractivity contribution in [2.45, 2.75) is 0 Å². The highest BCUT2D eigenvalue weighted by molar-refractivity contribution is 9.10. The van der Waals surface area contributed by atoms with Gasteiger partial charge in [0.15, 0.2) is 11.3 Å². The Morgan fingerprint density at radius 2 is 2.30 bits per heavy atom. The number of thiophene rings is 1. The highest BCUT2D eigenvalue weighted by Gasteiger charge is 2.25. The van der Waals surface area contributed by atoms with Crippen molar-refractivity contribution in [2.75, 3.05) is 7.11 Å². The van der Waals surface area contributed by atoms with Gasteiger partial charge in [-0.25, -0.2) is 9.48 Å². The highest BCUT2D eigenvalue weighted by atomic mass is 79.9. The number of hydrogen-bond donors (Lipinski definition) is 1. The summed E-state index contributed by atoms with van der Waals surface area (Å²) in [5.74, 6) is -0.486. The first-order chi connectivity index (χ1) is 11.1. The topological polar surface area (TPSA) is 77.5 Å². The maximum Gasteiger partial charge on any atom is 0.358 e. The molecule has 1 aromatic carbocycles. The molecule has 0 atom stereocenters. The van der Waals surface area contributed by atoms with E-state index in [1.54, 1.807) is 13.2 Å². The largest absolute Gasteiger partial charge is 0.495 e. The number of nitrogens with zero attached hydrogens (tertiary/aromatic N) is 2. The standard InChI is InChI=1S/C15H9BrN2O4S/c1-21-11-5-10-8(4-9(11)16)12-14(22-10)13(15(19)20)18(17-12)7-2-3-23-6-7/h2-6H,1H3,(H,19,20). The van der Waals surface area contributed by atoms with Gasteiger partial charge >= 0.3 is 5.97 Å². The number of methoxy groups -OCH3 is 1. The summed E-state index contributed by atoms with van der Waals surface area (Å²) >= 11 is 4.90. The van der Waals surface area contributed by atoms with Crippen molar-refractivity contribution in [3.8, 4) is 11.4 Å². The first kappa shape index (κ1) is 14.3. The zero-order valence-electron chi connectivity index (χ0n) is 11.7. The number of carboxylic acid groups (broad SMARTS) is 1. The van der Waals surface area contributed by atoms with Crippen LogP contribution in [0.3, 0.4) is 0 Å². The molecule has 0 saturated carbocycles. The third kappa shape index (κ3) is 2.06. The summed E-state index contributed by atoms with van der Waals surface area (Å²) in [5, 5.41) is 18.5. The van der Waals surface area contributed by atoms with Gasteiger partial charge in [-0.05, 0) is 33.4 Å². The van der Waals surface area contributed by atoms with Gasteiger partial charge in [0.05, 0.1) is 22.7 Å². The predicted molar refractivity (Wildman–Crippen MR) is 89.9 cm³/mol. The third-order valence-corrected chi connectivity index (χ3v) is 4.81. The van der Waals surface area contributed by atoms with Crippen molar-refractivity contribution in [1.82, 2.24) is 9.78 Å². The Morgan fingerprint density at radius 3 is 2.96 bits per heavy atom. The molecule has 0 fully saturated rings. The number of halogens is 1. The lowest BCUT2D eigenvalue weighted by molar-refractivity contribution is 0.0688. The molecule has 6 nitrogen and oxygen atoms in total. The van der Waals surface area contributed by atoms with E-state index in [4.69, 9.17) is 9.15 Å². The van der Waals surface area contributed by atoms with Crippen molar-refractivity contribution in [1.29, 1.82) is 0 Å². The Balaban J connectivity index is 2.10. The number of ether oxygens (including phenoxy) is 1. The zero-order valence-corrected chi connectivity index (χ0v) is 14.1. The number of rotatable bonds is 3. The molecule has 3 aromatic heterocycles. The number of aromatic nitrogens is 2. The molecule has 0 saturated heterocycles. The molecule has 0 aliphatic heterocycles. The summed E-state index contributed by atoms with van der Waals surface area (Å²) in [4.78, 5) is 11.7. The molecule has 3 heterocycles. The molecule has 0 spiro atoms. The van der Waals surface area contributed by atoms with Crippen molar-refractivity contribution >= 4 is 55.3 Å². The molecule has 0 unspecified atom stereocenters. The van der Waals surface area contributed by atoms with Crippen LogP contribution < -0.4 is 4.74 Å². The normalized spacial score (nSPS) is 11.4. The maximum absolute atomic E-state index is 11.7. The summed E-state index contributed by atoms with van der Waals surface area (Å²) in [7, 11) is 1.56. The highest BCUT2D eigenvalue weighted by Crippen LogP contribution is 2.37. The lowest BCUT2D eigenvalue weighted by Crippen LogP contribution is -2.07. The van der Waals surface area contributed by atoms with Crippen molar-refractivity contribution in [2.24, 2.45) is 0 Å². The van der Waals surface area contributed by atoms with Gasteiger partial charge in [-0.1, -0.05) is 0 Å². The molecule has 0 aliphatic carbocycles. The molecule has 8 heteroatoms. The SMILES string of the molecule is COc1cc2oc3c(C(=O)O)n(-c4ccsc4)nc3c2cc1Br. The van der Waals surface area contributed by atoms with Crippen LogP contribution in [0.15, 0.2) is 37.8 Å². The molecule has 0 aliphatic rings. The molecule has 4 aromatic rings. The van der Waals surface area contributed by atoms with Gasteiger partial charge in [0.1, 0.15) is 16.8 Å². The number of carboxylic acids is 1. The van der Waals surface area contributed by atoms with E-state index in [9.17, 15) is 9.90 Å². The summed E-state index contributed by atoms with van der Waals surface area (Å²) in [6.45, 7) is 0. The van der Waals surface area contributed by atoms with Gasteiger partial charge in [0, 0.05) is 11.4 Å². The third-order valence-electron chi connectivity index (χ3n) is 3.52. The molecule has 23 heavy (non-hydrogen) atoms. The number of aromatic carboxylic acids is 1. The van der Waals surface area contributed by atoms with Gasteiger partial charge in [-0.15, -0.1) is 0 Å². The predicted octanol–water partition coefficient (Wildman–Crippen LogP) is 4.30.